The fourth-order valence-corrected chi connectivity index (χ4v) is 5.78. The molecule has 164 valence electrons. The molecule has 0 radical (unpaired) electrons. The molecular formula is C22H25N3O4S2. The highest BCUT2D eigenvalue weighted by Crippen LogP contribution is 2.28. The van der Waals surface area contributed by atoms with Crippen molar-refractivity contribution in [1.29, 1.82) is 0 Å². The average Bonchev–Trinajstić information content (AvgIpc) is 3.19. The Balaban J connectivity index is 1.46. The van der Waals surface area contributed by atoms with Crippen molar-refractivity contribution in [2.45, 2.75) is 31.1 Å². The van der Waals surface area contributed by atoms with Crippen molar-refractivity contribution in [2.75, 3.05) is 31.6 Å². The van der Waals surface area contributed by atoms with Crippen molar-refractivity contribution >= 4 is 42.6 Å². The van der Waals surface area contributed by atoms with Gasteiger partial charge >= 0.3 is 0 Å². The number of carbonyl (C=O) groups excluding carboxylic acids is 1. The third-order valence-corrected chi connectivity index (χ3v) is 8.06. The zero-order valence-corrected chi connectivity index (χ0v) is 19.0. The molecule has 2 aromatic carbocycles. The highest BCUT2D eigenvalue weighted by molar-refractivity contribution is 7.89. The first-order chi connectivity index (χ1) is 15.0. The van der Waals surface area contributed by atoms with Crippen LogP contribution in [0.4, 0.5) is 5.13 Å². The maximum atomic E-state index is 12.7. The fourth-order valence-electron chi connectivity index (χ4n) is 3.44. The second kappa shape index (κ2) is 9.44. The highest BCUT2D eigenvalue weighted by Gasteiger charge is 2.26. The maximum Gasteiger partial charge on any atom is 0.257 e. The molecule has 2 heterocycles. The van der Waals surface area contributed by atoms with Gasteiger partial charge in [0.1, 0.15) is 0 Å². The summed E-state index contributed by atoms with van der Waals surface area (Å²) in [6.45, 7) is 3.62. The molecule has 0 spiro atoms. The number of hydrogen-bond donors (Lipinski definition) is 1. The maximum absolute atomic E-state index is 12.7. The topological polar surface area (TPSA) is 88.6 Å². The number of nitrogens with one attached hydrogen (secondary N) is 1. The number of anilines is 1. The van der Waals surface area contributed by atoms with E-state index < -0.39 is 10.0 Å². The lowest BCUT2D eigenvalue weighted by atomic mass is 10.1. The number of nitrogens with zero attached hydrogens (tertiary/aromatic N) is 2. The zero-order valence-electron chi connectivity index (χ0n) is 17.3. The number of aryl methyl sites for hydroxylation is 1. The van der Waals surface area contributed by atoms with Crippen molar-refractivity contribution in [2.24, 2.45) is 0 Å². The van der Waals surface area contributed by atoms with E-state index in [-0.39, 0.29) is 10.8 Å². The second-order valence-corrected chi connectivity index (χ2v) is 10.4. The van der Waals surface area contributed by atoms with Gasteiger partial charge in [-0.1, -0.05) is 30.7 Å². The molecule has 31 heavy (non-hydrogen) atoms. The number of ether oxygens (including phenoxy) is 1. The Labute approximate surface area is 186 Å². The van der Waals surface area contributed by atoms with Crippen molar-refractivity contribution in [3.8, 4) is 0 Å². The number of fused-ring (bicyclic) bond motifs is 1. The molecular weight excluding hydrogens is 434 g/mol. The van der Waals surface area contributed by atoms with E-state index in [1.54, 1.807) is 0 Å². The van der Waals surface area contributed by atoms with Gasteiger partial charge in [0.15, 0.2) is 5.13 Å². The van der Waals surface area contributed by atoms with Crippen LogP contribution in [-0.2, 0) is 21.2 Å². The van der Waals surface area contributed by atoms with Crippen LogP contribution >= 0.6 is 11.3 Å². The first-order valence-electron chi connectivity index (χ1n) is 10.4. The SMILES string of the molecule is CCCCc1ccc2nc(NC(=O)c3ccc(S(=O)(=O)N4CCOCC4)cc3)sc2c1. The van der Waals surface area contributed by atoms with Crippen LogP contribution in [0.3, 0.4) is 0 Å². The van der Waals surface area contributed by atoms with Gasteiger partial charge in [0.25, 0.3) is 5.91 Å². The number of rotatable bonds is 7. The molecule has 0 atom stereocenters. The highest BCUT2D eigenvalue weighted by atomic mass is 32.2. The molecule has 0 aliphatic carbocycles. The summed E-state index contributed by atoms with van der Waals surface area (Å²) in [5.74, 6) is -0.319. The summed E-state index contributed by atoms with van der Waals surface area (Å²) in [5, 5.41) is 3.35. The molecule has 4 rings (SSSR count). The first-order valence-corrected chi connectivity index (χ1v) is 12.6. The average molecular weight is 460 g/mol. The molecule has 1 aliphatic heterocycles. The molecule has 1 aromatic heterocycles. The largest absolute Gasteiger partial charge is 0.379 e. The van der Waals surface area contributed by atoms with Gasteiger partial charge in [0.05, 0.1) is 28.3 Å². The van der Waals surface area contributed by atoms with Gasteiger partial charge in [-0.3, -0.25) is 10.1 Å². The van der Waals surface area contributed by atoms with Crippen LogP contribution in [0.5, 0.6) is 0 Å². The van der Waals surface area contributed by atoms with Crippen LogP contribution in [0.1, 0.15) is 35.7 Å². The zero-order chi connectivity index (χ0) is 21.8. The molecule has 1 aliphatic rings. The minimum atomic E-state index is -3.58. The molecule has 7 nitrogen and oxygen atoms in total. The minimum absolute atomic E-state index is 0.172. The number of sulfonamides is 1. The number of carbonyl (C=O) groups is 1. The molecule has 1 fully saturated rings. The number of hydrogen-bond acceptors (Lipinski definition) is 6. The number of benzene rings is 2. The summed E-state index contributed by atoms with van der Waals surface area (Å²) in [7, 11) is -3.58. The van der Waals surface area contributed by atoms with Crippen molar-refractivity contribution in [3.05, 3.63) is 53.6 Å². The second-order valence-electron chi connectivity index (χ2n) is 7.42. The smallest absolute Gasteiger partial charge is 0.257 e. The van der Waals surface area contributed by atoms with E-state index in [2.05, 4.69) is 29.4 Å². The summed E-state index contributed by atoms with van der Waals surface area (Å²) >= 11 is 1.44. The van der Waals surface area contributed by atoms with E-state index in [1.165, 1.54) is 45.5 Å². The lowest BCUT2D eigenvalue weighted by Crippen LogP contribution is -2.40. The van der Waals surface area contributed by atoms with Gasteiger partial charge in [-0.15, -0.1) is 0 Å². The normalized spacial score (nSPS) is 15.3. The van der Waals surface area contributed by atoms with E-state index in [9.17, 15) is 13.2 Å². The van der Waals surface area contributed by atoms with Crippen LogP contribution in [0.2, 0.25) is 0 Å². The molecule has 0 unspecified atom stereocenters. The molecule has 9 heteroatoms. The van der Waals surface area contributed by atoms with Gasteiger partial charge in [0.2, 0.25) is 10.0 Å². The van der Waals surface area contributed by atoms with Gasteiger partial charge in [0, 0.05) is 18.7 Å². The summed E-state index contributed by atoms with van der Waals surface area (Å²) < 4.78 is 33.1. The van der Waals surface area contributed by atoms with Crippen molar-refractivity contribution in [1.82, 2.24) is 9.29 Å². The fraction of sp³-hybridized carbons (Fsp3) is 0.364. The Kier molecular flexibility index (Phi) is 6.66. The van der Waals surface area contributed by atoms with E-state index in [1.807, 2.05) is 6.07 Å². The van der Waals surface area contributed by atoms with Gasteiger partial charge in [-0.25, -0.2) is 13.4 Å². The van der Waals surface area contributed by atoms with E-state index in [0.29, 0.717) is 37.0 Å². The van der Waals surface area contributed by atoms with Gasteiger partial charge < -0.3 is 4.74 Å². The van der Waals surface area contributed by atoms with Crippen LogP contribution in [0.25, 0.3) is 10.2 Å². The van der Waals surface area contributed by atoms with Gasteiger partial charge in [-0.05, 0) is 54.8 Å². The van der Waals surface area contributed by atoms with Crippen molar-refractivity contribution in [3.63, 3.8) is 0 Å². The Morgan fingerprint density at radius 1 is 1.16 bits per heavy atom. The Bertz CT molecular complexity index is 1170. The van der Waals surface area contributed by atoms with Crippen LogP contribution < -0.4 is 5.32 Å². The summed E-state index contributed by atoms with van der Waals surface area (Å²) in [6.07, 6.45) is 3.32. The molecule has 3 aromatic rings. The summed E-state index contributed by atoms with van der Waals surface area (Å²) in [5.41, 5.74) is 2.50. The number of thiazole rings is 1. The predicted octanol–water partition coefficient (Wildman–Crippen LogP) is 3.91. The standard InChI is InChI=1S/C22H25N3O4S2/c1-2-3-4-16-5-10-19-20(15-16)30-22(23-19)24-21(26)17-6-8-18(9-7-17)31(27,28)25-11-13-29-14-12-25/h5-10,15H,2-4,11-14H2,1H3,(H,23,24,26). The number of aromatic nitrogens is 1. The summed E-state index contributed by atoms with van der Waals surface area (Å²) in [4.78, 5) is 17.3. The number of unbranched alkanes of at least 4 members (excludes halogenated alkanes) is 1. The molecule has 1 saturated heterocycles. The third-order valence-electron chi connectivity index (χ3n) is 5.22. The lowest BCUT2D eigenvalue weighted by molar-refractivity contribution is 0.0730. The van der Waals surface area contributed by atoms with Crippen molar-refractivity contribution < 1.29 is 17.9 Å². The van der Waals surface area contributed by atoms with Gasteiger partial charge in [-0.2, -0.15) is 4.31 Å². The molecule has 0 bridgehead atoms. The first kappa shape index (κ1) is 21.9. The van der Waals surface area contributed by atoms with Crippen LogP contribution in [0, 0.1) is 0 Å². The third kappa shape index (κ3) is 4.95. The molecule has 1 amide bonds. The van der Waals surface area contributed by atoms with E-state index in [0.717, 1.165) is 29.5 Å². The Hall–Kier alpha value is -2.33. The minimum Gasteiger partial charge on any atom is -0.379 e. The molecule has 0 saturated carbocycles. The van der Waals surface area contributed by atoms with Crippen LogP contribution in [-0.4, -0.2) is 49.9 Å². The number of amides is 1. The monoisotopic (exact) mass is 459 g/mol. The Morgan fingerprint density at radius 2 is 1.90 bits per heavy atom. The van der Waals surface area contributed by atoms with E-state index >= 15 is 0 Å². The molecule has 1 N–H and O–H groups in total. The Morgan fingerprint density at radius 3 is 2.61 bits per heavy atom. The lowest BCUT2D eigenvalue weighted by Gasteiger charge is -2.26. The quantitative estimate of drug-likeness (QED) is 0.579. The predicted molar refractivity (Wildman–Crippen MR) is 122 cm³/mol. The number of morpholine rings is 1. The summed E-state index contributed by atoms with van der Waals surface area (Å²) in [6, 6.07) is 12.2. The van der Waals surface area contributed by atoms with E-state index in [4.69, 9.17) is 4.74 Å². The van der Waals surface area contributed by atoms with Crippen LogP contribution in [0.15, 0.2) is 47.4 Å².